The molecule has 220 valence electrons. The van der Waals surface area contributed by atoms with E-state index in [-0.39, 0.29) is 0 Å². The summed E-state index contributed by atoms with van der Waals surface area (Å²) in [5, 5.41) is 3.51. The van der Waals surface area contributed by atoms with Gasteiger partial charge in [-0.15, -0.1) is 0 Å². The third-order valence-corrected chi connectivity index (χ3v) is 9.02. The number of para-hydroxylation sites is 1. The van der Waals surface area contributed by atoms with Gasteiger partial charge in [0.1, 0.15) is 0 Å². The van der Waals surface area contributed by atoms with Crippen LogP contribution in [-0.2, 0) is 0 Å². The van der Waals surface area contributed by atoms with Gasteiger partial charge in [-0.3, -0.25) is 0 Å². The molecule has 0 N–H and O–H groups in total. The Kier molecular flexibility index (Phi) is 6.46. The van der Waals surface area contributed by atoms with Crippen molar-refractivity contribution in [3.63, 3.8) is 0 Å². The van der Waals surface area contributed by atoms with E-state index >= 15 is 0 Å². The van der Waals surface area contributed by atoms with Crippen LogP contribution < -0.4 is 0 Å². The molecule has 7 aromatic carbocycles. The lowest BCUT2D eigenvalue weighted by Crippen LogP contribution is -1.97. The van der Waals surface area contributed by atoms with Crippen molar-refractivity contribution in [1.29, 1.82) is 0 Å². The molecule has 9 aromatic rings. The fraction of sp³-hybridized carbons (Fsp3) is 0. The summed E-state index contributed by atoms with van der Waals surface area (Å²) >= 11 is 0. The minimum atomic E-state index is 0.726. The number of aromatic nitrogens is 3. The lowest BCUT2D eigenvalue weighted by molar-refractivity contribution is 1.18. The Morgan fingerprint density at radius 2 is 0.979 bits per heavy atom. The van der Waals surface area contributed by atoms with Gasteiger partial charge >= 0.3 is 0 Å². The summed E-state index contributed by atoms with van der Waals surface area (Å²) in [6.07, 6.45) is 0. The van der Waals surface area contributed by atoms with Crippen molar-refractivity contribution in [2.45, 2.75) is 0 Å². The Labute approximate surface area is 273 Å². The molecule has 0 aliphatic heterocycles. The first-order chi connectivity index (χ1) is 23.3. The number of benzene rings is 7. The third-order valence-electron chi connectivity index (χ3n) is 9.02. The van der Waals surface area contributed by atoms with Crippen LogP contribution in [0.1, 0.15) is 0 Å². The van der Waals surface area contributed by atoms with Crippen LogP contribution in [0.5, 0.6) is 0 Å². The van der Waals surface area contributed by atoms with E-state index < -0.39 is 0 Å². The highest BCUT2D eigenvalue weighted by Gasteiger charge is 2.18. The maximum atomic E-state index is 5.21. The molecule has 0 fully saturated rings. The fourth-order valence-electron chi connectivity index (χ4n) is 6.79. The summed E-state index contributed by atoms with van der Waals surface area (Å²) in [7, 11) is 0. The van der Waals surface area contributed by atoms with Gasteiger partial charge in [0.05, 0.1) is 22.2 Å². The molecule has 0 bridgehead atoms. The standard InChI is InChI=1S/C44H29N3/c1-4-13-30(14-5-1)31-23-26-35(27-24-31)47-40-22-11-10-19-37(40)38-28-25-34(29-41(38)47)36-20-12-21-39-42(36)43(32-15-6-2-7-16-32)46-44(45-39)33-17-8-3-9-18-33/h1-29H. The zero-order chi connectivity index (χ0) is 31.2. The van der Waals surface area contributed by atoms with Crippen LogP contribution in [0.3, 0.4) is 0 Å². The lowest BCUT2D eigenvalue weighted by atomic mass is 9.95. The van der Waals surface area contributed by atoms with Gasteiger partial charge in [0.15, 0.2) is 5.82 Å². The van der Waals surface area contributed by atoms with Crippen LogP contribution in [0, 0.1) is 0 Å². The topological polar surface area (TPSA) is 30.7 Å². The molecular weight excluding hydrogens is 571 g/mol. The van der Waals surface area contributed by atoms with Crippen molar-refractivity contribution >= 4 is 32.7 Å². The molecule has 0 radical (unpaired) electrons. The summed E-state index contributed by atoms with van der Waals surface area (Å²) in [4.78, 5) is 10.3. The molecule has 9 rings (SSSR count). The molecule has 0 aliphatic rings. The third kappa shape index (κ3) is 4.68. The predicted octanol–water partition coefficient (Wildman–Crippen LogP) is 11.4. The van der Waals surface area contributed by atoms with E-state index in [4.69, 9.17) is 9.97 Å². The van der Waals surface area contributed by atoms with Gasteiger partial charge < -0.3 is 4.57 Å². The molecule has 3 heteroatoms. The Morgan fingerprint density at radius 1 is 0.383 bits per heavy atom. The predicted molar refractivity (Wildman–Crippen MR) is 196 cm³/mol. The molecule has 0 saturated heterocycles. The highest BCUT2D eigenvalue weighted by molar-refractivity contribution is 6.12. The monoisotopic (exact) mass is 599 g/mol. The van der Waals surface area contributed by atoms with Crippen molar-refractivity contribution in [3.8, 4) is 50.6 Å². The molecule has 0 unspecified atom stereocenters. The Hall–Kier alpha value is -6.32. The summed E-state index contributed by atoms with van der Waals surface area (Å²) in [5.74, 6) is 0.726. The van der Waals surface area contributed by atoms with E-state index in [0.29, 0.717) is 0 Å². The van der Waals surface area contributed by atoms with Crippen molar-refractivity contribution in [1.82, 2.24) is 14.5 Å². The molecule has 2 aromatic heterocycles. The largest absolute Gasteiger partial charge is 0.309 e. The molecule has 0 aliphatic carbocycles. The van der Waals surface area contributed by atoms with E-state index in [9.17, 15) is 0 Å². The van der Waals surface area contributed by atoms with Crippen LogP contribution in [-0.4, -0.2) is 14.5 Å². The quantitative estimate of drug-likeness (QED) is 0.197. The molecule has 2 heterocycles. The lowest BCUT2D eigenvalue weighted by Gasteiger charge is -2.14. The highest BCUT2D eigenvalue weighted by atomic mass is 15.0. The van der Waals surface area contributed by atoms with E-state index in [1.165, 1.54) is 27.4 Å². The number of nitrogens with zero attached hydrogens (tertiary/aromatic N) is 3. The van der Waals surface area contributed by atoms with Crippen molar-refractivity contribution in [3.05, 3.63) is 176 Å². The van der Waals surface area contributed by atoms with E-state index in [1.54, 1.807) is 0 Å². The van der Waals surface area contributed by atoms with E-state index in [1.807, 2.05) is 24.3 Å². The summed E-state index contributed by atoms with van der Waals surface area (Å²) < 4.78 is 2.39. The van der Waals surface area contributed by atoms with Crippen molar-refractivity contribution in [2.24, 2.45) is 0 Å². The van der Waals surface area contributed by atoms with Gasteiger partial charge in [-0.05, 0) is 52.6 Å². The Balaban J connectivity index is 1.27. The minimum Gasteiger partial charge on any atom is -0.309 e. The maximum absolute atomic E-state index is 5.21. The van der Waals surface area contributed by atoms with Gasteiger partial charge in [-0.2, -0.15) is 0 Å². The van der Waals surface area contributed by atoms with Gasteiger partial charge in [0.25, 0.3) is 0 Å². The number of hydrogen-bond donors (Lipinski definition) is 0. The van der Waals surface area contributed by atoms with Gasteiger partial charge in [-0.25, -0.2) is 9.97 Å². The second kappa shape index (κ2) is 11.2. The van der Waals surface area contributed by atoms with Gasteiger partial charge in [0, 0.05) is 33.0 Å². The van der Waals surface area contributed by atoms with Crippen LogP contribution in [0.25, 0.3) is 83.3 Å². The molecule has 0 saturated carbocycles. The number of fused-ring (bicyclic) bond motifs is 4. The van der Waals surface area contributed by atoms with Gasteiger partial charge in [0.2, 0.25) is 0 Å². The van der Waals surface area contributed by atoms with Crippen LogP contribution in [0.15, 0.2) is 176 Å². The Bertz CT molecular complexity index is 2530. The van der Waals surface area contributed by atoms with Crippen LogP contribution in [0.2, 0.25) is 0 Å². The first kappa shape index (κ1) is 27.0. The van der Waals surface area contributed by atoms with Gasteiger partial charge in [-0.1, -0.05) is 146 Å². The molecular formula is C44H29N3. The first-order valence-corrected chi connectivity index (χ1v) is 15.9. The number of rotatable bonds is 5. The zero-order valence-electron chi connectivity index (χ0n) is 25.6. The van der Waals surface area contributed by atoms with E-state index in [0.717, 1.165) is 55.9 Å². The molecule has 3 nitrogen and oxygen atoms in total. The summed E-state index contributed by atoms with van der Waals surface area (Å²) in [6.45, 7) is 0. The highest BCUT2D eigenvalue weighted by Crippen LogP contribution is 2.39. The molecule has 47 heavy (non-hydrogen) atoms. The van der Waals surface area contributed by atoms with Crippen LogP contribution >= 0.6 is 0 Å². The average Bonchev–Trinajstić information content (AvgIpc) is 3.49. The van der Waals surface area contributed by atoms with Crippen molar-refractivity contribution in [2.75, 3.05) is 0 Å². The Morgan fingerprint density at radius 3 is 1.72 bits per heavy atom. The molecule has 0 spiro atoms. The summed E-state index contributed by atoms with van der Waals surface area (Å²) in [5.41, 5.74) is 12.1. The van der Waals surface area contributed by atoms with Crippen LogP contribution in [0.4, 0.5) is 0 Å². The maximum Gasteiger partial charge on any atom is 0.160 e. The van der Waals surface area contributed by atoms with E-state index in [2.05, 4.69) is 156 Å². The molecule has 0 atom stereocenters. The molecule has 0 amide bonds. The second-order valence-electron chi connectivity index (χ2n) is 11.8. The minimum absolute atomic E-state index is 0.726. The second-order valence-corrected chi connectivity index (χ2v) is 11.8. The average molecular weight is 600 g/mol. The normalized spacial score (nSPS) is 11.4. The summed E-state index contributed by atoms with van der Waals surface area (Å²) in [6, 6.07) is 62.0. The smallest absolute Gasteiger partial charge is 0.160 e. The van der Waals surface area contributed by atoms with Crippen molar-refractivity contribution < 1.29 is 0 Å². The SMILES string of the molecule is c1ccc(-c2ccc(-n3c4ccccc4c4ccc(-c5cccc6nc(-c7ccccc7)nc(-c7ccccc7)c56)cc43)cc2)cc1. The zero-order valence-corrected chi connectivity index (χ0v) is 25.6. The number of hydrogen-bond acceptors (Lipinski definition) is 2. The fourth-order valence-corrected chi connectivity index (χ4v) is 6.79. The first-order valence-electron chi connectivity index (χ1n) is 15.9.